The van der Waals surface area contributed by atoms with Gasteiger partial charge in [0, 0.05) is 12.6 Å². The van der Waals surface area contributed by atoms with Crippen LogP contribution in [0.25, 0.3) is 0 Å². The Labute approximate surface area is 83.1 Å². The van der Waals surface area contributed by atoms with Gasteiger partial charge in [-0.2, -0.15) is 5.26 Å². The first-order valence-corrected chi connectivity index (χ1v) is 3.81. The van der Waals surface area contributed by atoms with Crippen molar-refractivity contribution < 1.29 is 17.9 Å². The van der Waals surface area contributed by atoms with Gasteiger partial charge in [0.15, 0.2) is 0 Å². The third-order valence-corrected chi connectivity index (χ3v) is 1.43. The zero-order valence-corrected chi connectivity index (χ0v) is 7.38. The van der Waals surface area contributed by atoms with Crippen LogP contribution in [0.3, 0.4) is 0 Å². The number of nitrogens with zero attached hydrogens (tertiary/aromatic N) is 2. The molecule has 0 saturated heterocycles. The lowest BCUT2D eigenvalue weighted by Gasteiger charge is -2.08. The van der Waals surface area contributed by atoms with Crippen molar-refractivity contribution in [2.24, 2.45) is 5.73 Å². The Balaban J connectivity index is 3.03. The number of aromatic nitrogens is 1. The Morgan fingerprint density at radius 3 is 2.60 bits per heavy atom. The topological polar surface area (TPSA) is 71.9 Å². The van der Waals surface area contributed by atoms with E-state index in [-0.39, 0.29) is 12.2 Å². The lowest BCUT2D eigenvalue weighted by molar-refractivity contribution is -0.276. The van der Waals surface area contributed by atoms with E-state index < -0.39 is 12.2 Å². The van der Waals surface area contributed by atoms with Gasteiger partial charge in [0.2, 0.25) is 5.88 Å². The number of alkyl halides is 3. The molecule has 0 bridgehead atoms. The van der Waals surface area contributed by atoms with Gasteiger partial charge in [-0.1, -0.05) is 0 Å². The molecule has 15 heavy (non-hydrogen) atoms. The molecule has 0 amide bonds. The molecule has 1 heterocycles. The van der Waals surface area contributed by atoms with Gasteiger partial charge in [-0.05, 0) is 11.6 Å². The molecule has 0 unspecified atom stereocenters. The van der Waals surface area contributed by atoms with E-state index in [0.29, 0.717) is 5.56 Å². The predicted octanol–water partition coefficient (Wildman–Crippen LogP) is 1.31. The summed E-state index contributed by atoms with van der Waals surface area (Å²) in [7, 11) is 0. The van der Waals surface area contributed by atoms with Crippen LogP contribution < -0.4 is 10.5 Å². The van der Waals surface area contributed by atoms with E-state index in [1.807, 2.05) is 0 Å². The summed E-state index contributed by atoms with van der Waals surface area (Å²) in [5.41, 5.74) is 5.41. The Bertz CT molecular complexity index is 397. The van der Waals surface area contributed by atoms with E-state index in [2.05, 4.69) is 9.72 Å². The number of pyridine rings is 1. The van der Waals surface area contributed by atoms with Crippen molar-refractivity contribution >= 4 is 0 Å². The maximum atomic E-state index is 11.8. The number of hydrogen-bond donors (Lipinski definition) is 1. The normalized spacial score (nSPS) is 10.9. The molecule has 0 fully saturated rings. The van der Waals surface area contributed by atoms with Crippen molar-refractivity contribution in [2.45, 2.75) is 12.9 Å². The number of nitrogens with two attached hydrogens (primary N) is 1. The molecule has 1 aromatic rings. The number of nitriles is 1. The fourth-order valence-electron chi connectivity index (χ4n) is 0.905. The van der Waals surface area contributed by atoms with E-state index in [9.17, 15) is 13.2 Å². The first kappa shape index (κ1) is 11.3. The van der Waals surface area contributed by atoms with Crippen LogP contribution in [0.1, 0.15) is 11.3 Å². The molecular formula is C8H6F3N3O. The summed E-state index contributed by atoms with van der Waals surface area (Å²) in [5.74, 6) is -0.679. The third-order valence-electron chi connectivity index (χ3n) is 1.43. The van der Waals surface area contributed by atoms with E-state index in [0.717, 1.165) is 6.07 Å². The van der Waals surface area contributed by atoms with Gasteiger partial charge in [-0.25, -0.2) is 4.98 Å². The average molecular weight is 217 g/mol. The highest BCUT2D eigenvalue weighted by Gasteiger charge is 2.32. The molecular weight excluding hydrogens is 211 g/mol. The van der Waals surface area contributed by atoms with Gasteiger partial charge in [0.1, 0.15) is 11.8 Å². The first-order chi connectivity index (χ1) is 6.94. The van der Waals surface area contributed by atoms with Crippen molar-refractivity contribution in [2.75, 3.05) is 0 Å². The van der Waals surface area contributed by atoms with Gasteiger partial charge in [0.25, 0.3) is 0 Å². The minimum atomic E-state index is -4.83. The lowest BCUT2D eigenvalue weighted by atomic mass is 10.2. The third kappa shape index (κ3) is 3.44. The van der Waals surface area contributed by atoms with Gasteiger partial charge in [-0.15, -0.1) is 13.2 Å². The standard InChI is InChI=1S/C8H6F3N3O/c9-8(10,11)15-7-2-5(3-12)1-6(4-13)14-7/h1-2H,3,12H2. The summed E-state index contributed by atoms with van der Waals surface area (Å²) in [6, 6.07) is 3.94. The Morgan fingerprint density at radius 2 is 2.13 bits per heavy atom. The molecule has 1 rings (SSSR count). The SMILES string of the molecule is N#Cc1cc(CN)cc(OC(F)(F)F)n1. The van der Waals surface area contributed by atoms with Crippen LogP contribution >= 0.6 is 0 Å². The van der Waals surface area contributed by atoms with Crippen LogP contribution in [-0.4, -0.2) is 11.3 Å². The second-order valence-electron chi connectivity index (χ2n) is 2.56. The number of ether oxygens (including phenoxy) is 1. The second kappa shape index (κ2) is 4.14. The van der Waals surface area contributed by atoms with Crippen LogP contribution in [0.2, 0.25) is 0 Å². The van der Waals surface area contributed by atoms with Crippen LogP contribution in [0.4, 0.5) is 13.2 Å². The van der Waals surface area contributed by atoms with Crippen molar-refractivity contribution in [3.05, 3.63) is 23.4 Å². The van der Waals surface area contributed by atoms with E-state index >= 15 is 0 Å². The van der Waals surface area contributed by atoms with Crippen molar-refractivity contribution in [1.29, 1.82) is 5.26 Å². The summed E-state index contributed by atoms with van der Waals surface area (Å²) in [4.78, 5) is 3.33. The zero-order chi connectivity index (χ0) is 11.5. The van der Waals surface area contributed by atoms with E-state index in [1.54, 1.807) is 6.07 Å². The maximum Gasteiger partial charge on any atom is 0.574 e. The number of hydrogen-bond acceptors (Lipinski definition) is 4. The molecule has 0 aliphatic heterocycles. The molecule has 2 N–H and O–H groups in total. The summed E-state index contributed by atoms with van der Waals surface area (Å²) in [6.45, 7) is 0.00537. The molecule has 1 aromatic heterocycles. The Kier molecular flexibility index (Phi) is 3.11. The quantitative estimate of drug-likeness (QED) is 0.810. The Hall–Kier alpha value is -1.81. The summed E-state index contributed by atoms with van der Waals surface area (Å²) in [6.07, 6.45) is -4.83. The average Bonchev–Trinajstić information content (AvgIpc) is 2.14. The Morgan fingerprint density at radius 1 is 1.47 bits per heavy atom. The highest BCUT2D eigenvalue weighted by Crippen LogP contribution is 2.21. The van der Waals surface area contributed by atoms with Crippen LogP contribution in [-0.2, 0) is 6.54 Å². The van der Waals surface area contributed by atoms with Gasteiger partial charge in [0.05, 0.1) is 0 Å². The molecule has 80 valence electrons. The smallest absolute Gasteiger partial charge is 0.388 e. The molecule has 7 heteroatoms. The lowest BCUT2D eigenvalue weighted by Crippen LogP contribution is -2.18. The molecule has 0 aliphatic carbocycles. The highest BCUT2D eigenvalue weighted by atomic mass is 19.4. The first-order valence-electron chi connectivity index (χ1n) is 3.81. The zero-order valence-electron chi connectivity index (χ0n) is 7.38. The predicted molar refractivity (Wildman–Crippen MR) is 43.5 cm³/mol. The van der Waals surface area contributed by atoms with Crippen molar-refractivity contribution in [1.82, 2.24) is 4.98 Å². The van der Waals surface area contributed by atoms with Gasteiger partial charge < -0.3 is 10.5 Å². The van der Waals surface area contributed by atoms with Crippen molar-refractivity contribution in [3.63, 3.8) is 0 Å². The van der Waals surface area contributed by atoms with E-state index in [1.165, 1.54) is 6.07 Å². The summed E-state index contributed by atoms with van der Waals surface area (Å²) >= 11 is 0. The minimum absolute atomic E-state index is 0.00537. The van der Waals surface area contributed by atoms with Gasteiger partial charge in [-0.3, -0.25) is 0 Å². The van der Waals surface area contributed by atoms with E-state index in [4.69, 9.17) is 11.0 Å². The molecule has 0 spiro atoms. The van der Waals surface area contributed by atoms with Crippen LogP contribution in [0.5, 0.6) is 5.88 Å². The second-order valence-corrected chi connectivity index (χ2v) is 2.56. The molecule has 4 nitrogen and oxygen atoms in total. The fraction of sp³-hybridized carbons (Fsp3) is 0.250. The maximum absolute atomic E-state index is 11.8. The van der Waals surface area contributed by atoms with Crippen LogP contribution in [0.15, 0.2) is 12.1 Å². The highest BCUT2D eigenvalue weighted by molar-refractivity contribution is 5.31. The molecule has 0 aliphatic rings. The fourth-order valence-corrected chi connectivity index (χ4v) is 0.905. The van der Waals surface area contributed by atoms with Gasteiger partial charge >= 0.3 is 6.36 Å². The monoisotopic (exact) mass is 217 g/mol. The largest absolute Gasteiger partial charge is 0.574 e. The molecule has 0 radical (unpaired) electrons. The minimum Gasteiger partial charge on any atom is -0.388 e. The molecule has 0 atom stereocenters. The summed E-state index contributed by atoms with van der Waals surface area (Å²) in [5, 5.41) is 8.49. The van der Waals surface area contributed by atoms with Crippen LogP contribution in [0, 0.1) is 11.3 Å². The molecule has 0 saturated carbocycles. The summed E-state index contributed by atoms with van der Waals surface area (Å²) < 4.78 is 39.1. The number of rotatable bonds is 2. The number of halogens is 3. The molecule has 0 aromatic carbocycles. The van der Waals surface area contributed by atoms with Crippen molar-refractivity contribution in [3.8, 4) is 11.9 Å².